The lowest BCUT2D eigenvalue weighted by Crippen LogP contribution is -2.34. The molecule has 1 atom stereocenters. The van der Waals surface area contributed by atoms with Gasteiger partial charge < -0.3 is 15.5 Å². The number of aliphatic hydroxyl groups excluding tert-OH is 2. The molecule has 1 rings (SSSR count). The molecule has 3 nitrogen and oxygen atoms in total. The van der Waals surface area contributed by atoms with Crippen molar-refractivity contribution in [3.05, 3.63) is 35.6 Å². The van der Waals surface area contributed by atoms with Crippen molar-refractivity contribution in [2.45, 2.75) is 18.9 Å². The van der Waals surface area contributed by atoms with E-state index in [2.05, 4.69) is 5.32 Å². The van der Waals surface area contributed by atoms with Gasteiger partial charge in [0.1, 0.15) is 5.82 Å². The lowest BCUT2D eigenvalue weighted by atomic mass is 10.1. The monoisotopic (exact) mass is 227 g/mol. The van der Waals surface area contributed by atoms with E-state index in [-0.39, 0.29) is 25.1 Å². The topological polar surface area (TPSA) is 52.5 Å². The van der Waals surface area contributed by atoms with Gasteiger partial charge in [0.05, 0.1) is 6.61 Å². The zero-order chi connectivity index (χ0) is 11.8. The number of hydrogen-bond acceptors (Lipinski definition) is 3. The second kappa shape index (κ2) is 7.33. The van der Waals surface area contributed by atoms with Crippen molar-refractivity contribution < 1.29 is 14.6 Å². The first-order valence-electron chi connectivity index (χ1n) is 5.46. The number of hydrogen-bond donors (Lipinski definition) is 3. The van der Waals surface area contributed by atoms with E-state index in [1.807, 2.05) is 0 Å². The SMILES string of the molecule is OCCC(CO)NCCc1ccc(F)cc1. The van der Waals surface area contributed by atoms with E-state index in [0.29, 0.717) is 13.0 Å². The predicted octanol–water partition coefficient (Wildman–Crippen LogP) is 0.701. The molecule has 0 amide bonds. The fourth-order valence-electron chi connectivity index (χ4n) is 1.49. The average molecular weight is 227 g/mol. The summed E-state index contributed by atoms with van der Waals surface area (Å²) in [6.45, 7) is 0.787. The second-order valence-corrected chi connectivity index (χ2v) is 3.72. The minimum Gasteiger partial charge on any atom is -0.396 e. The van der Waals surface area contributed by atoms with Crippen molar-refractivity contribution in [3.63, 3.8) is 0 Å². The Morgan fingerprint density at radius 1 is 1.19 bits per heavy atom. The van der Waals surface area contributed by atoms with Gasteiger partial charge in [-0.1, -0.05) is 12.1 Å². The highest BCUT2D eigenvalue weighted by Gasteiger charge is 2.04. The van der Waals surface area contributed by atoms with Gasteiger partial charge >= 0.3 is 0 Å². The van der Waals surface area contributed by atoms with Crippen molar-refractivity contribution in [1.29, 1.82) is 0 Å². The molecule has 0 bridgehead atoms. The molecular formula is C12H18FNO2. The zero-order valence-corrected chi connectivity index (χ0v) is 9.19. The fourth-order valence-corrected chi connectivity index (χ4v) is 1.49. The van der Waals surface area contributed by atoms with Crippen LogP contribution in [0.1, 0.15) is 12.0 Å². The summed E-state index contributed by atoms with van der Waals surface area (Å²) < 4.78 is 12.6. The van der Waals surface area contributed by atoms with Crippen LogP contribution in [0.15, 0.2) is 24.3 Å². The molecule has 0 fully saturated rings. The van der Waals surface area contributed by atoms with Crippen molar-refractivity contribution in [3.8, 4) is 0 Å². The van der Waals surface area contributed by atoms with Crippen LogP contribution in [0.3, 0.4) is 0 Å². The summed E-state index contributed by atoms with van der Waals surface area (Å²) in [6, 6.07) is 6.30. The molecule has 0 saturated heterocycles. The second-order valence-electron chi connectivity index (χ2n) is 3.72. The van der Waals surface area contributed by atoms with Crippen LogP contribution in [0.5, 0.6) is 0 Å². The standard InChI is InChI=1S/C12H18FNO2/c13-11-3-1-10(2-4-11)5-7-14-12(9-16)6-8-15/h1-4,12,14-16H,5-9H2. The van der Waals surface area contributed by atoms with Gasteiger partial charge in [0, 0.05) is 12.6 Å². The van der Waals surface area contributed by atoms with Gasteiger partial charge in [-0.2, -0.15) is 0 Å². The first-order valence-corrected chi connectivity index (χ1v) is 5.46. The maximum absolute atomic E-state index is 12.6. The van der Waals surface area contributed by atoms with E-state index in [1.165, 1.54) is 12.1 Å². The van der Waals surface area contributed by atoms with Crippen LogP contribution in [-0.2, 0) is 6.42 Å². The highest BCUT2D eigenvalue weighted by molar-refractivity contribution is 5.16. The average Bonchev–Trinajstić information content (AvgIpc) is 2.30. The molecule has 4 heteroatoms. The third kappa shape index (κ3) is 4.70. The molecule has 90 valence electrons. The van der Waals surface area contributed by atoms with Crippen molar-refractivity contribution in [1.82, 2.24) is 5.32 Å². The Labute approximate surface area is 94.9 Å². The Bertz CT molecular complexity index is 290. The minimum atomic E-state index is -0.231. The molecule has 1 aromatic carbocycles. The number of aliphatic hydroxyl groups is 2. The van der Waals surface area contributed by atoms with Crippen LogP contribution in [0.4, 0.5) is 4.39 Å². The van der Waals surface area contributed by atoms with E-state index >= 15 is 0 Å². The molecule has 0 aliphatic carbocycles. The third-order valence-corrected chi connectivity index (χ3v) is 2.46. The Kier molecular flexibility index (Phi) is 6.00. The van der Waals surface area contributed by atoms with Crippen molar-refractivity contribution in [2.75, 3.05) is 19.8 Å². The lowest BCUT2D eigenvalue weighted by molar-refractivity contribution is 0.201. The Hall–Kier alpha value is -0.970. The van der Waals surface area contributed by atoms with Crippen LogP contribution in [-0.4, -0.2) is 36.0 Å². The number of benzene rings is 1. The first kappa shape index (κ1) is 13.1. The highest BCUT2D eigenvalue weighted by atomic mass is 19.1. The summed E-state index contributed by atoms with van der Waals surface area (Å²) in [5.74, 6) is -0.231. The van der Waals surface area contributed by atoms with E-state index < -0.39 is 0 Å². The van der Waals surface area contributed by atoms with Crippen LogP contribution < -0.4 is 5.32 Å². The summed E-state index contributed by atoms with van der Waals surface area (Å²) in [5.41, 5.74) is 1.05. The Balaban J connectivity index is 2.26. The normalized spacial score (nSPS) is 12.7. The van der Waals surface area contributed by atoms with Gasteiger partial charge in [0.2, 0.25) is 0 Å². The molecule has 1 aromatic rings. The van der Waals surface area contributed by atoms with E-state index in [4.69, 9.17) is 10.2 Å². The minimum absolute atomic E-state index is 0.0178. The van der Waals surface area contributed by atoms with Crippen LogP contribution in [0.25, 0.3) is 0 Å². The van der Waals surface area contributed by atoms with Crippen LogP contribution >= 0.6 is 0 Å². The number of nitrogens with one attached hydrogen (secondary N) is 1. The molecule has 0 aromatic heterocycles. The summed E-state index contributed by atoms with van der Waals surface area (Å²) >= 11 is 0. The van der Waals surface area contributed by atoms with E-state index in [9.17, 15) is 4.39 Å². The van der Waals surface area contributed by atoms with Crippen molar-refractivity contribution in [2.24, 2.45) is 0 Å². The van der Waals surface area contributed by atoms with Gasteiger partial charge in [0.25, 0.3) is 0 Å². The molecule has 0 spiro atoms. The van der Waals surface area contributed by atoms with Gasteiger partial charge in [-0.3, -0.25) is 0 Å². The molecule has 0 saturated carbocycles. The quantitative estimate of drug-likeness (QED) is 0.642. The van der Waals surface area contributed by atoms with Crippen LogP contribution in [0, 0.1) is 5.82 Å². The molecule has 0 radical (unpaired) electrons. The largest absolute Gasteiger partial charge is 0.396 e. The third-order valence-electron chi connectivity index (χ3n) is 2.46. The van der Waals surface area contributed by atoms with Gasteiger partial charge in [0.15, 0.2) is 0 Å². The lowest BCUT2D eigenvalue weighted by Gasteiger charge is -2.14. The van der Waals surface area contributed by atoms with Crippen molar-refractivity contribution >= 4 is 0 Å². The van der Waals surface area contributed by atoms with Gasteiger partial charge in [-0.05, 0) is 37.1 Å². The molecule has 3 N–H and O–H groups in total. The summed E-state index contributed by atoms with van der Waals surface area (Å²) in [5, 5.41) is 20.8. The molecular weight excluding hydrogens is 209 g/mol. The summed E-state index contributed by atoms with van der Waals surface area (Å²) in [6.07, 6.45) is 1.32. The van der Waals surface area contributed by atoms with Gasteiger partial charge in [-0.15, -0.1) is 0 Å². The molecule has 0 aliphatic heterocycles. The molecule has 0 aliphatic rings. The van der Waals surface area contributed by atoms with Gasteiger partial charge in [-0.25, -0.2) is 4.39 Å². The summed E-state index contributed by atoms with van der Waals surface area (Å²) in [4.78, 5) is 0. The smallest absolute Gasteiger partial charge is 0.123 e. The number of rotatable bonds is 7. The Morgan fingerprint density at radius 3 is 2.44 bits per heavy atom. The maximum atomic E-state index is 12.6. The molecule has 0 heterocycles. The first-order chi connectivity index (χ1) is 7.76. The Morgan fingerprint density at radius 2 is 1.88 bits per heavy atom. The maximum Gasteiger partial charge on any atom is 0.123 e. The molecule has 1 unspecified atom stereocenters. The highest BCUT2D eigenvalue weighted by Crippen LogP contribution is 2.03. The summed E-state index contributed by atoms with van der Waals surface area (Å²) in [7, 11) is 0. The fraction of sp³-hybridized carbons (Fsp3) is 0.500. The van der Waals surface area contributed by atoms with Crippen LogP contribution in [0.2, 0.25) is 0 Å². The molecule has 16 heavy (non-hydrogen) atoms. The number of halogens is 1. The predicted molar refractivity (Wildman–Crippen MR) is 60.7 cm³/mol. The van der Waals surface area contributed by atoms with E-state index in [0.717, 1.165) is 12.0 Å². The zero-order valence-electron chi connectivity index (χ0n) is 9.19. The van der Waals surface area contributed by atoms with E-state index in [1.54, 1.807) is 12.1 Å².